The quantitative estimate of drug-likeness (QED) is 0.316. The van der Waals surface area contributed by atoms with Crippen molar-refractivity contribution in [2.45, 2.75) is 62.9 Å². The number of hydrogen-bond acceptors (Lipinski definition) is 0. The summed E-state index contributed by atoms with van der Waals surface area (Å²) in [5.74, 6) is 0. The molecule has 1 heteroatoms. The van der Waals surface area contributed by atoms with Gasteiger partial charge in [-0.05, 0) is 0 Å². The van der Waals surface area contributed by atoms with E-state index in [0.717, 1.165) is 0 Å². The van der Waals surface area contributed by atoms with Gasteiger partial charge in [-0.2, -0.15) is 0 Å². The van der Waals surface area contributed by atoms with Crippen LogP contribution >= 0.6 is 0 Å². The number of allylic oxidation sites excluding steroid dienone is 12. The molecule has 0 radical (unpaired) electrons. The second-order valence-corrected chi connectivity index (χ2v) is 15.4. The van der Waals surface area contributed by atoms with Crippen molar-refractivity contribution in [2.75, 3.05) is 0 Å². The van der Waals surface area contributed by atoms with Gasteiger partial charge in [-0.1, -0.05) is 0 Å². The van der Waals surface area contributed by atoms with Crippen LogP contribution in [0.5, 0.6) is 0 Å². The van der Waals surface area contributed by atoms with Gasteiger partial charge in [0.05, 0.1) is 0 Å². The van der Waals surface area contributed by atoms with E-state index in [1.165, 1.54) is 38.5 Å². The van der Waals surface area contributed by atoms with Gasteiger partial charge in [0.15, 0.2) is 0 Å². The summed E-state index contributed by atoms with van der Waals surface area (Å²) in [6.07, 6.45) is 37.2. The van der Waals surface area contributed by atoms with Crippen molar-refractivity contribution in [1.29, 1.82) is 0 Å². The molecule has 0 bridgehead atoms. The zero-order valence-corrected chi connectivity index (χ0v) is 18.3. The number of rotatable bonds is 9. The first-order valence-electron chi connectivity index (χ1n) is 9.94. The van der Waals surface area contributed by atoms with E-state index in [9.17, 15) is 0 Å². The fourth-order valence-electron chi connectivity index (χ4n) is 4.61. The monoisotopic (exact) mass is 479 g/mol. The van der Waals surface area contributed by atoms with Gasteiger partial charge in [0.1, 0.15) is 0 Å². The van der Waals surface area contributed by atoms with Crippen LogP contribution in [0.1, 0.15) is 59.3 Å². The molecule has 3 aliphatic carbocycles. The average molecular weight is 479 g/mol. The maximum atomic E-state index is 2.59. The van der Waals surface area contributed by atoms with Gasteiger partial charge in [-0.3, -0.25) is 0 Å². The summed E-state index contributed by atoms with van der Waals surface area (Å²) >= 11 is -1.88. The molecule has 0 unspecified atom stereocenters. The topological polar surface area (TPSA) is 0 Å². The fourth-order valence-corrected chi connectivity index (χ4v) is 17.5. The third-order valence-electron chi connectivity index (χ3n) is 5.42. The Hall–Kier alpha value is -0.235. The molecular formula is C24H33Gd. The Morgan fingerprint density at radius 1 is 0.480 bits per heavy atom. The molecule has 3 aliphatic rings. The second kappa shape index (κ2) is 8.20. The molecule has 0 nitrogen and oxygen atoms in total. The molecule has 0 saturated carbocycles. The van der Waals surface area contributed by atoms with Crippen LogP contribution in [0.15, 0.2) is 72.9 Å². The van der Waals surface area contributed by atoms with Gasteiger partial charge in [-0.15, -0.1) is 0 Å². The first kappa shape index (κ1) is 19.5. The molecule has 0 aromatic carbocycles. The minimum absolute atomic E-state index is 0.326. The standard InChI is InChI=1S/3C8H11.Gd/c3*1-2-5-8-6-3-4-7-8;/h3*3-4,6-7H,2,5H2,1H3;. The first-order chi connectivity index (χ1) is 12.2. The van der Waals surface area contributed by atoms with Crippen LogP contribution in [-0.2, 0) is 0 Å². The Labute approximate surface area is 168 Å². The molecule has 137 valence electrons. The zero-order chi connectivity index (χ0) is 17.8. The molecule has 0 aliphatic heterocycles. The minimum atomic E-state index is -1.88. The summed E-state index contributed by atoms with van der Waals surface area (Å²) in [5.41, 5.74) is 0. The van der Waals surface area contributed by atoms with Crippen LogP contribution in [-0.4, -0.2) is 0 Å². The van der Waals surface area contributed by atoms with E-state index in [1.54, 1.807) is 0 Å². The predicted octanol–water partition coefficient (Wildman–Crippen LogP) is 7.86. The molecule has 0 fully saturated rings. The third-order valence-corrected chi connectivity index (χ3v) is 15.7. The van der Waals surface area contributed by atoms with E-state index in [0.29, 0.717) is 3.58 Å². The van der Waals surface area contributed by atoms with E-state index in [1.807, 2.05) is 0 Å². The predicted molar refractivity (Wildman–Crippen MR) is 108 cm³/mol. The van der Waals surface area contributed by atoms with Crippen LogP contribution < -0.4 is 0 Å². The van der Waals surface area contributed by atoms with Crippen molar-refractivity contribution >= 4 is 0 Å². The van der Waals surface area contributed by atoms with Crippen molar-refractivity contribution in [1.82, 2.24) is 0 Å². The normalized spacial score (nSPS) is 23.9. The Morgan fingerprint density at radius 2 is 0.720 bits per heavy atom. The summed E-state index contributed by atoms with van der Waals surface area (Å²) in [7, 11) is 0. The molecular weight excluding hydrogens is 446 g/mol. The molecule has 0 amide bonds. The molecule has 0 atom stereocenters. The van der Waals surface area contributed by atoms with Gasteiger partial charge in [0.25, 0.3) is 0 Å². The van der Waals surface area contributed by atoms with E-state index in [4.69, 9.17) is 0 Å². The molecule has 0 spiro atoms. The molecule has 0 saturated heterocycles. The van der Waals surface area contributed by atoms with E-state index >= 15 is 0 Å². The van der Waals surface area contributed by atoms with Crippen LogP contribution in [0.3, 0.4) is 0 Å². The van der Waals surface area contributed by atoms with E-state index in [2.05, 4.69) is 93.7 Å². The van der Waals surface area contributed by atoms with Crippen molar-refractivity contribution in [2.24, 2.45) is 0 Å². The fraction of sp³-hybridized carbons (Fsp3) is 0.500. The summed E-state index contributed by atoms with van der Waals surface area (Å²) in [6, 6.07) is 0. The Balaban J connectivity index is 2.18. The third kappa shape index (κ3) is 3.49. The van der Waals surface area contributed by atoms with Crippen molar-refractivity contribution < 1.29 is 33.8 Å². The maximum absolute atomic E-state index is 2.59. The first-order valence-corrected chi connectivity index (χ1v) is 13.3. The Morgan fingerprint density at radius 3 is 0.920 bits per heavy atom. The van der Waals surface area contributed by atoms with Crippen LogP contribution in [0.2, 0.25) is 3.58 Å². The Bertz CT molecular complexity index is 515. The summed E-state index contributed by atoms with van der Waals surface area (Å²) < 4.78 is 0.978. The van der Waals surface area contributed by atoms with Gasteiger partial charge in [0.2, 0.25) is 0 Å². The second-order valence-electron chi connectivity index (χ2n) is 7.38. The summed E-state index contributed by atoms with van der Waals surface area (Å²) in [5, 5.41) is 0. The van der Waals surface area contributed by atoms with Gasteiger partial charge in [0, 0.05) is 0 Å². The molecule has 0 heterocycles. The van der Waals surface area contributed by atoms with Crippen LogP contribution in [0.25, 0.3) is 0 Å². The van der Waals surface area contributed by atoms with E-state index < -0.39 is 33.8 Å². The van der Waals surface area contributed by atoms with Crippen molar-refractivity contribution in [3.05, 3.63) is 72.9 Å². The summed E-state index contributed by atoms with van der Waals surface area (Å²) in [6.45, 7) is 7.08. The summed E-state index contributed by atoms with van der Waals surface area (Å²) in [4.78, 5) is 0. The molecule has 25 heavy (non-hydrogen) atoms. The van der Waals surface area contributed by atoms with E-state index in [-0.39, 0.29) is 0 Å². The van der Waals surface area contributed by atoms with Crippen molar-refractivity contribution in [3.8, 4) is 0 Å². The average Bonchev–Trinajstić information content (AvgIpc) is 3.32. The number of hydrogen-bond donors (Lipinski definition) is 0. The molecule has 3 rings (SSSR count). The molecule has 0 N–H and O–H groups in total. The van der Waals surface area contributed by atoms with Gasteiger partial charge >= 0.3 is 170 Å². The Kier molecular flexibility index (Phi) is 6.40. The SMILES string of the molecule is CCC[C]1([Gd]([C]2(CCC)C=CC=C2)[C]2(CCC)C=CC=C2)C=CC=C1. The van der Waals surface area contributed by atoms with Crippen LogP contribution in [0, 0.1) is 33.8 Å². The molecule has 0 aromatic heterocycles. The van der Waals surface area contributed by atoms with Crippen LogP contribution in [0.4, 0.5) is 0 Å². The van der Waals surface area contributed by atoms with Gasteiger partial charge < -0.3 is 0 Å². The van der Waals surface area contributed by atoms with Gasteiger partial charge in [-0.25, -0.2) is 0 Å². The molecule has 0 aromatic rings. The van der Waals surface area contributed by atoms with Crippen molar-refractivity contribution in [3.63, 3.8) is 0 Å². The zero-order valence-electron chi connectivity index (χ0n) is 16.0.